The van der Waals surface area contributed by atoms with Crippen LogP contribution in [0.4, 0.5) is 0 Å². The van der Waals surface area contributed by atoms with E-state index >= 15 is 0 Å². The molecule has 4 rings (SSSR count). The van der Waals surface area contributed by atoms with Gasteiger partial charge in [-0.05, 0) is 30.7 Å². The van der Waals surface area contributed by atoms with Crippen LogP contribution in [-0.2, 0) is 0 Å². The Morgan fingerprint density at radius 3 is 1.72 bits per heavy atom. The second kappa shape index (κ2) is 11.6. The highest BCUT2D eigenvalue weighted by Gasteiger charge is 2.15. The third-order valence-corrected chi connectivity index (χ3v) is 6.04. The van der Waals surface area contributed by atoms with E-state index in [-0.39, 0.29) is 0 Å². The van der Waals surface area contributed by atoms with Crippen LogP contribution in [0.2, 0.25) is 0 Å². The Bertz CT molecular complexity index is 1080. The summed E-state index contributed by atoms with van der Waals surface area (Å²) in [6.07, 6.45) is 10.5. The Morgan fingerprint density at radius 1 is 0.562 bits per heavy atom. The maximum Gasteiger partial charge on any atom is 0.142 e. The zero-order chi connectivity index (χ0) is 22.0. The van der Waals surface area contributed by atoms with Crippen LogP contribution in [0.15, 0.2) is 83.3 Å². The fraction of sp³-hybridized carbons (Fsp3) is 0.333. The highest BCUT2D eigenvalue weighted by molar-refractivity contribution is 6.02. The SMILES string of the molecule is CCCCCCCCCCOc1ccc(-c2oc(-c3ccccc3)c3ccccc23)cc1. The van der Waals surface area contributed by atoms with Gasteiger partial charge in [-0.15, -0.1) is 0 Å². The minimum atomic E-state index is 0.788. The summed E-state index contributed by atoms with van der Waals surface area (Å²) in [5, 5.41) is 2.28. The molecule has 0 radical (unpaired) electrons. The first-order valence-electron chi connectivity index (χ1n) is 12.2. The standard InChI is InChI=1S/C30H34O2/c1-2-3-4-5-6-7-8-14-23-31-26-21-19-25(20-22-26)30-28-18-13-12-17-27(28)29(32-30)24-15-10-9-11-16-24/h9-13,15-22H,2-8,14,23H2,1H3. The van der Waals surface area contributed by atoms with Crippen molar-refractivity contribution in [2.45, 2.75) is 58.3 Å². The van der Waals surface area contributed by atoms with Gasteiger partial charge in [0, 0.05) is 21.9 Å². The van der Waals surface area contributed by atoms with Gasteiger partial charge in [-0.2, -0.15) is 0 Å². The fourth-order valence-corrected chi connectivity index (χ4v) is 4.24. The predicted octanol–water partition coefficient (Wildman–Crippen LogP) is 9.29. The fourth-order valence-electron chi connectivity index (χ4n) is 4.24. The first-order chi connectivity index (χ1) is 15.9. The summed E-state index contributed by atoms with van der Waals surface area (Å²) in [6.45, 7) is 3.05. The molecule has 0 bridgehead atoms. The maximum atomic E-state index is 6.40. The third kappa shape index (κ3) is 5.62. The molecule has 0 aliphatic heterocycles. The molecule has 0 unspecified atom stereocenters. The topological polar surface area (TPSA) is 22.4 Å². The van der Waals surface area contributed by atoms with Crippen molar-refractivity contribution in [3.05, 3.63) is 78.9 Å². The number of hydrogen-bond acceptors (Lipinski definition) is 2. The minimum Gasteiger partial charge on any atom is -0.494 e. The van der Waals surface area contributed by atoms with E-state index in [1.54, 1.807) is 0 Å². The van der Waals surface area contributed by atoms with Gasteiger partial charge in [0.1, 0.15) is 17.3 Å². The van der Waals surface area contributed by atoms with Gasteiger partial charge >= 0.3 is 0 Å². The summed E-state index contributed by atoms with van der Waals surface area (Å²) in [5.41, 5.74) is 2.17. The van der Waals surface area contributed by atoms with Crippen molar-refractivity contribution in [3.8, 4) is 28.4 Å². The number of unbranched alkanes of at least 4 members (excludes halogenated alkanes) is 7. The van der Waals surface area contributed by atoms with E-state index in [1.807, 2.05) is 18.2 Å². The molecule has 166 valence electrons. The zero-order valence-corrected chi connectivity index (χ0v) is 19.2. The van der Waals surface area contributed by atoms with Crippen LogP contribution < -0.4 is 4.74 Å². The van der Waals surface area contributed by atoms with Crippen molar-refractivity contribution in [2.24, 2.45) is 0 Å². The molecule has 2 heteroatoms. The molecular weight excluding hydrogens is 392 g/mol. The molecule has 0 saturated heterocycles. The lowest BCUT2D eigenvalue weighted by molar-refractivity contribution is 0.304. The summed E-state index contributed by atoms with van der Waals surface area (Å²) in [7, 11) is 0. The highest BCUT2D eigenvalue weighted by Crippen LogP contribution is 2.39. The molecule has 0 aliphatic carbocycles. The van der Waals surface area contributed by atoms with Crippen LogP contribution in [-0.4, -0.2) is 6.61 Å². The zero-order valence-electron chi connectivity index (χ0n) is 19.2. The van der Waals surface area contributed by atoms with E-state index in [0.717, 1.165) is 52.2 Å². The maximum absolute atomic E-state index is 6.40. The van der Waals surface area contributed by atoms with Gasteiger partial charge in [0.2, 0.25) is 0 Å². The number of ether oxygens (including phenoxy) is 1. The average molecular weight is 427 g/mol. The number of hydrogen-bond donors (Lipinski definition) is 0. The Labute approximate surface area is 192 Å². The first-order valence-corrected chi connectivity index (χ1v) is 12.2. The number of fused-ring (bicyclic) bond motifs is 1. The lowest BCUT2D eigenvalue weighted by Crippen LogP contribution is -1.97. The molecule has 0 N–H and O–H groups in total. The summed E-state index contributed by atoms with van der Waals surface area (Å²) in [4.78, 5) is 0. The Kier molecular flexibility index (Phi) is 8.03. The van der Waals surface area contributed by atoms with Crippen LogP contribution in [0.5, 0.6) is 5.75 Å². The van der Waals surface area contributed by atoms with E-state index < -0.39 is 0 Å². The summed E-state index contributed by atoms with van der Waals surface area (Å²) in [5.74, 6) is 2.76. The molecule has 4 aromatic rings. The molecule has 0 saturated carbocycles. The van der Waals surface area contributed by atoms with Gasteiger partial charge in [0.05, 0.1) is 6.61 Å². The second-order valence-corrected chi connectivity index (χ2v) is 8.52. The summed E-state index contributed by atoms with van der Waals surface area (Å²) < 4.78 is 12.4. The molecule has 0 spiro atoms. The van der Waals surface area contributed by atoms with Gasteiger partial charge in [0.15, 0.2) is 0 Å². The molecule has 0 aliphatic rings. The first kappa shape index (κ1) is 22.2. The number of rotatable bonds is 12. The highest BCUT2D eigenvalue weighted by atomic mass is 16.5. The van der Waals surface area contributed by atoms with Crippen LogP contribution in [0, 0.1) is 0 Å². The number of furan rings is 1. The van der Waals surface area contributed by atoms with Gasteiger partial charge < -0.3 is 9.15 Å². The van der Waals surface area contributed by atoms with Crippen molar-refractivity contribution in [3.63, 3.8) is 0 Å². The van der Waals surface area contributed by atoms with Crippen molar-refractivity contribution in [1.29, 1.82) is 0 Å². The van der Waals surface area contributed by atoms with Crippen molar-refractivity contribution in [1.82, 2.24) is 0 Å². The molecule has 1 heterocycles. The Morgan fingerprint density at radius 2 is 1.09 bits per heavy atom. The molecule has 1 aromatic heterocycles. The molecule has 32 heavy (non-hydrogen) atoms. The molecule has 0 fully saturated rings. The Hall–Kier alpha value is -3.00. The largest absolute Gasteiger partial charge is 0.494 e. The van der Waals surface area contributed by atoms with Crippen LogP contribution >= 0.6 is 0 Å². The van der Waals surface area contributed by atoms with E-state index in [2.05, 4.69) is 67.6 Å². The smallest absolute Gasteiger partial charge is 0.142 e. The van der Waals surface area contributed by atoms with Crippen LogP contribution in [0.25, 0.3) is 33.4 Å². The minimum absolute atomic E-state index is 0.788. The molecule has 2 nitrogen and oxygen atoms in total. The van der Waals surface area contributed by atoms with Gasteiger partial charge in [-0.3, -0.25) is 0 Å². The van der Waals surface area contributed by atoms with E-state index in [4.69, 9.17) is 9.15 Å². The van der Waals surface area contributed by atoms with E-state index in [9.17, 15) is 0 Å². The average Bonchev–Trinajstić information content (AvgIpc) is 3.24. The lowest BCUT2D eigenvalue weighted by Gasteiger charge is -2.07. The molecule has 0 amide bonds. The monoisotopic (exact) mass is 426 g/mol. The summed E-state index contributed by atoms with van der Waals surface area (Å²) in [6, 6.07) is 27.0. The second-order valence-electron chi connectivity index (χ2n) is 8.52. The lowest BCUT2D eigenvalue weighted by atomic mass is 10.0. The molecule has 0 atom stereocenters. The third-order valence-electron chi connectivity index (χ3n) is 6.04. The molecule has 3 aromatic carbocycles. The van der Waals surface area contributed by atoms with Crippen molar-refractivity contribution in [2.75, 3.05) is 6.61 Å². The van der Waals surface area contributed by atoms with Gasteiger partial charge in [-0.25, -0.2) is 0 Å². The normalized spacial score (nSPS) is 11.2. The Balaban J connectivity index is 1.36. The summed E-state index contributed by atoms with van der Waals surface area (Å²) >= 11 is 0. The van der Waals surface area contributed by atoms with Crippen molar-refractivity contribution >= 4 is 10.8 Å². The van der Waals surface area contributed by atoms with Crippen LogP contribution in [0.3, 0.4) is 0 Å². The van der Waals surface area contributed by atoms with Gasteiger partial charge in [-0.1, -0.05) is 106 Å². The van der Waals surface area contributed by atoms with E-state index in [0.29, 0.717) is 0 Å². The van der Waals surface area contributed by atoms with Crippen LogP contribution in [0.1, 0.15) is 58.3 Å². The number of benzene rings is 3. The van der Waals surface area contributed by atoms with Crippen molar-refractivity contribution < 1.29 is 9.15 Å². The van der Waals surface area contributed by atoms with E-state index in [1.165, 1.54) is 44.9 Å². The predicted molar refractivity (Wildman–Crippen MR) is 135 cm³/mol. The van der Waals surface area contributed by atoms with Gasteiger partial charge in [0.25, 0.3) is 0 Å². The quantitative estimate of drug-likeness (QED) is 0.211. The molecular formula is C30H34O2.